The monoisotopic (exact) mass is 254 g/mol. The topological polar surface area (TPSA) is 61.3 Å². The summed E-state index contributed by atoms with van der Waals surface area (Å²) in [4.78, 5) is 4.34. The summed E-state index contributed by atoms with van der Waals surface area (Å²) in [5, 5.41) is 1.06. The molecule has 3 rings (SSSR count). The lowest BCUT2D eigenvalue weighted by atomic mass is 10.2. The Labute approximate surface area is 110 Å². The van der Waals surface area contributed by atoms with Crippen molar-refractivity contribution >= 4 is 10.9 Å². The number of hydrogen-bond donors (Lipinski definition) is 1. The van der Waals surface area contributed by atoms with Gasteiger partial charge in [-0.05, 0) is 18.2 Å². The zero-order chi connectivity index (χ0) is 13.1. The molecule has 19 heavy (non-hydrogen) atoms. The highest BCUT2D eigenvalue weighted by Crippen LogP contribution is 2.24. The molecule has 0 unspecified atom stereocenters. The first-order valence-corrected chi connectivity index (χ1v) is 6.10. The van der Waals surface area contributed by atoms with E-state index >= 15 is 0 Å². The van der Waals surface area contributed by atoms with Crippen LogP contribution in [0.15, 0.2) is 53.3 Å². The zero-order valence-corrected chi connectivity index (χ0v) is 10.4. The molecule has 0 saturated heterocycles. The van der Waals surface area contributed by atoms with Gasteiger partial charge in [-0.3, -0.25) is 4.98 Å². The van der Waals surface area contributed by atoms with Gasteiger partial charge in [-0.15, -0.1) is 0 Å². The number of furan rings is 1. The summed E-state index contributed by atoms with van der Waals surface area (Å²) in [6.07, 6.45) is 3.41. The lowest BCUT2D eigenvalue weighted by molar-refractivity contribution is 0.273. The second-order valence-electron chi connectivity index (χ2n) is 4.25. The number of nitrogens with zero attached hydrogens (tertiary/aromatic N) is 1. The molecule has 2 heterocycles. The van der Waals surface area contributed by atoms with Crippen molar-refractivity contribution in [3.8, 4) is 5.75 Å². The van der Waals surface area contributed by atoms with Gasteiger partial charge in [-0.1, -0.05) is 18.2 Å². The molecular formula is C15H14N2O2. The predicted molar refractivity (Wildman–Crippen MR) is 72.7 cm³/mol. The quantitative estimate of drug-likeness (QED) is 0.777. The van der Waals surface area contributed by atoms with Crippen molar-refractivity contribution < 1.29 is 9.15 Å². The molecule has 0 spiro atoms. The Balaban J connectivity index is 1.81. The van der Waals surface area contributed by atoms with Crippen LogP contribution >= 0.6 is 0 Å². The fourth-order valence-corrected chi connectivity index (χ4v) is 1.95. The van der Waals surface area contributed by atoms with Crippen molar-refractivity contribution in [3.63, 3.8) is 0 Å². The first-order valence-electron chi connectivity index (χ1n) is 6.10. The van der Waals surface area contributed by atoms with Gasteiger partial charge in [0.15, 0.2) is 0 Å². The summed E-state index contributed by atoms with van der Waals surface area (Å²) in [7, 11) is 0. The molecule has 0 aliphatic carbocycles. The second kappa shape index (κ2) is 5.12. The highest BCUT2D eigenvalue weighted by Gasteiger charge is 2.05. The van der Waals surface area contributed by atoms with Crippen molar-refractivity contribution in [3.05, 3.63) is 60.2 Å². The molecule has 0 atom stereocenters. The smallest absolute Gasteiger partial charge is 0.146 e. The number of aromatic nitrogens is 1. The Morgan fingerprint density at radius 3 is 2.95 bits per heavy atom. The van der Waals surface area contributed by atoms with Gasteiger partial charge in [0.1, 0.15) is 23.6 Å². The number of para-hydroxylation sites is 1. The van der Waals surface area contributed by atoms with Gasteiger partial charge < -0.3 is 14.9 Å². The minimum Gasteiger partial charge on any atom is -0.483 e. The number of fused-ring (bicyclic) bond motifs is 1. The minimum absolute atomic E-state index is 0.371. The lowest BCUT2D eigenvalue weighted by Gasteiger charge is -2.06. The molecule has 0 amide bonds. The molecule has 0 aliphatic rings. The molecule has 4 nitrogen and oxygen atoms in total. The molecule has 2 N–H and O–H groups in total. The first-order chi connectivity index (χ1) is 9.36. The molecular weight excluding hydrogens is 240 g/mol. The van der Waals surface area contributed by atoms with Crippen LogP contribution in [0, 0.1) is 0 Å². The molecule has 0 aliphatic heterocycles. The Kier molecular flexibility index (Phi) is 3.16. The third-order valence-electron chi connectivity index (χ3n) is 2.91. The van der Waals surface area contributed by atoms with Gasteiger partial charge in [0.2, 0.25) is 0 Å². The third kappa shape index (κ3) is 2.44. The van der Waals surface area contributed by atoms with E-state index in [1.54, 1.807) is 12.5 Å². The molecule has 1 aromatic carbocycles. The fourth-order valence-electron chi connectivity index (χ4n) is 1.95. The fraction of sp³-hybridized carbons (Fsp3) is 0.133. The SMILES string of the molecule is NCc1coc(COc2cccc3cccnc23)c1. The Hall–Kier alpha value is -2.33. The average molecular weight is 254 g/mol. The molecule has 0 bridgehead atoms. The third-order valence-corrected chi connectivity index (χ3v) is 2.91. The van der Waals surface area contributed by atoms with Crippen LogP contribution in [0.2, 0.25) is 0 Å². The summed E-state index contributed by atoms with van der Waals surface area (Å²) >= 11 is 0. The van der Waals surface area contributed by atoms with Crippen molar-refractivity contribution in [2.24, 2.45) is 5.73 Å². The van der Waals surface area contributed by atoms with E-state index in [-0.39, 0.29) is 0 Å². The Bertz CT molecular complexity index is 686. The van der Waals surface area contributed by atoms with Gasteiger partial charge in [-0.25, -0.2) is 0 Å². The highest BCUT2D eigenvalue weighted by molar-refractivity contribution is 5.84. The average Bonchev–Trinajstić information content (AvgIpc) is 2.93. The van der Waals surface area contributed by atoms with Gasteiger partial charge in [0, 0.05) is 23.7 Å². The molecule has 0 radical (unpaired) electrons. The van der Waals surface area contributed by atoms with E-state index in [0.717, 1.165) is 28.0 Å². The summed E-state index contributed by atoms with van der Waals surface area (Å²) < 4.78 is 11.1. The van der Waals surface area contributed by atoms with E-state index in [0.29, 0.717) is 13.2 Å². The van der Waals surface area contributed by atoms with Crippen LogP contribution in [0.3, 0.4) is 0 Å². The van der Waals surface area contributed by atoms with Crippen LogP contribution in [0.5, 0.6) is 5.75 Å². The Morgan fingerprint density at radius 1 is 1.21 bits per heavy atom. The molecule has 0 fully saturated rings. The maximum Gasteiger partial charge on any atom is 0.146 e. The molecule has 96 valence electrons. The van der Waals surface area contributed by atoms with Crippen LogP contribution in [0.1, 0.15) is 11.3 Å². The van der Waals surface area contributed by atoms with Crippen molar-refractivity contribution in [2.75, 3.05) is 0 Å². The minimum atomic E-state index is 0.371. The summed E-state index contributed by atoms with van der Waals surface area (Å²) in [6.45, 7) is 0.842. The van der Waals surface area contributed by atoms with Gasteiger partial charge in [0.25, 0.3) is 0 Å². The predicted octanol–water partition coefficient (Wildman–Crippen LogP) is 2.87. The van der Waals surface area contributed by atoms with Crippen LogP contribution < -0.4 is 10.5 Å². The Morgan fingerprint density at radius 2 is 2.11 bits per heavy atom. The second-order valence-corrected chi connectivity index (χ2v) is 4.25. The van der Waals surface area contributed by atoms with Gasteiger partial charge in [0.05, 0.1) is 6.26 Å². The van der Waals surface area contributed by atoms with Crippen LogP contribution in [-0.2, 0) is 13.2 Å². The van der Waals surface area contributed by atoms with E-state index < -0.39 is 0 Å². The van der Waals surface area contributed by atoms with Crippen LogP contribution in [0.4, 0.5) is 0 Å². The van der Waals surface area contributed by atoms with E-state index in [9.17, 15) is 0 Å². The first kappa shape index (κ1) is 11.7. The lowest BCUT2D eigenvalue weighted by Crippen LogP contribution is -1.96. The largest absolute Gasteiger partial charge is 0.483 e. The van der Waals surface area contributed by atoms with Gasteiger partial charge >= 0.3 is 0 Å². The maximum absolute atomic E-state index is 5.77. The van der Waals surface area contributed by atoms with E-state index in [2.05, 4.69) is 4.98 Å². The summed E-state index contributed by atoms with van der Waals surface area (Å²) in [6, 6.07) is 11.7. The van der Waals surface area contributed by atoms with Crippen LogP contribution in [0.25, 0.3) is 10.9 Å². The number of nitrogens with two attached hydrogens (primary N) is 1. The summed E-state index contributed by atoms with van der Waals surface area (Å²) in [5.74, 6) is 1.51. The number of hydrogen-bond acceptors (Lipinski definition) is 4. The highest BCUT2D eigenvalue weighted by atomic mass is 16.5. The molecule has 4 heteroatoms. The number of pyridine rings is 1. The van der Waals surface area contributed by atoms with E-state index in [1.807, 2.05) is 36.4 Å². The maximum atomic E-state index is 5.77. The molecule has 0 saturated carbocycles. The normalized spacial score (nSPS) is 10.8. The zero-order valence-electron chi connectivity index (χ0n) is 10.4. The van der Waals surface area contributed by atoms with Crippen LogP contribution in [-0.4, -0.2) is 4.98 Å². The van der Waals surface area contributed by atoms with Crippen molar-refractivity contribution in [2.45, 2.75) is 13.2 Å². The summed E-state index contributed by atoms with van der Waals surface area (Å²) in [5.41, 5.74) is 7.36. The number of rotatable bonds is 4. The number of benzene rings is 1. The van der Waals surface area contributed by atoms with Crippen molar-refractivity contribution in [1.29, 1.82) is 0 Å². The standard InChI is InChI=1S/C15H14N2O2/c16-8-11-7-13(18-9-11)10-19-14-5-1-3-12-4-2-6-17-15(12)14/h1-7,9H,8,10,16H2. The van der Waals surface area contributed by atoms with Gasteiger partial charge in [-0.2, -0.15) is 0 Å². The van der Waals surface area contributed by atoms with E-state index in [1.165, 1.54) is 0 Å². The number of ether oxygens (including phenoxy) is 1. The van der Waals surface area contributed by atoms with Crippen molar-refractivity contribution in [1.82, 2.24) is 4.98 Å². The van der Waals surface area contributed by atoms with E-state index in [4.69, 9.17) is 14.9 Å². The molecule has 3 aromatic rings. The molecule has 2 aromatic heterocycles.